The fourth-order valence-corrected chi connectivity index (χ4v) is 2.88. The normalized spacial score (nSPS) is 21.9. The van der Waals surface area contributed by atoms with Gasteiger partial charge in [-0.1, -0.05) is 0 Å². The first-order valence-electron chi connectivity index (χ1n) is 6.68. The first kappa shape index (κ1) is 13.1. The van der Waals surface area contributed by atoms with Gasteiger partial charge in [0.05, 0.1) is 29.6 Å². The molecule has 1 unspecified atom stereocenters. The van der Waals surface area contributed by atoms with Crippen LogP contribution in [0.5, 0.6) is 0 Å². The predicted molar refractivity (Wildman–Crippen MR) is 71.4 cm³/mol. The number of hydrogen-bond acceptors (Lipinski definition) is 4. The van der Waals surface area contributed by atoms with E-state index in [2.05, 4.69) is 5.32 Å². The van der Waals surface area contributed by atoms with E-state index in [-0.39, 0.29) is 18.2 Å². The van der Waals surface area contributed by atoms with Gasteiger partial charge < -0.3 is 15.3 Å². The molecule has 5 nitrogen and oxygen atoms in total. The van der Waals surface area contributed by atoms with E-state index in [1.807, 2.05) is 4.90 Å². The molecule has 1 saturated heterocycles. The molecule has 2 aliphatic heterocycles. The summed E-state index contributed by atoms with van der Waals surface area (Å²) in [5, 5.41) is 11.8. The van der Waals surface area contributed by atoms with Crippen LogP contribution >= 0.6 is 0 Å². The molecule has 2 aliphatic rings. The van der Waals surface area contributed by atoms with E-state index in [0.29, 0.717) is 17.9 Å². The number of fused-ring (bicyclic) bond motifs is 1. The van der Waals surface area contributed by atoms with Gasteiger partial charge in [0.25, 0.3) is 11.7 Å². The van der Waals surface area contributed by atoms with Crippen molar-refractivity contribution in [3.63, 3.8) is 0 Å². The Morgan fingerprint density at radius 2 is 2.15 bits per heavy atom. The van der Waals surface area contributed by atoms with E-state index in [9.17, 15) is 19.1 Å². The quantitative estimate of drug-likeness (QED) is 0.800. The first-order valence-corrected chi connectivity index (χ1v) is 6.68. The highest BCUT2D eigenvalue weighted by Gasteiger charge is 2.32. The molecule has 0 bridgehead atoms. The van der Waals surface area contributed by atoms with Crippen LogP contribution in [0.1, 0.15) is 29.6 Å². The first-order chi connectivity index (χ1) is 9.61. The number of aliphatic hydroxyl groups is 1. The summed E-state index contributed by atoms with van der Waals surface area (Å²) >= 11 is 0. The van der Waals surface area contributed by atoms with Gasteiger partial charge >= 0.3 is 0 Å². The molecule has 3 rings (SSSR count). The predicted octanol–water partition coefficient (Wildman–Crippen LogP) is 1.31. The van der Waals surface area contributed by atoms with Crippen molar-refractivity contribution in [2.75, 3.05) is 23.4 Å². The smallest absolute Gasteiger partial charge is 0.296 e. The number of aliphatic hydroxyl groups excluding tert-OH is 1. The summed E-state index contributed by atoms with van der Waals surface area (Å²) < 4.78 is 14.2. The minimum Gasteiger partial charge on any atom is -0.394 e. The lowest BCUT2D eigenvalue weighted by Gasteiger charge is -2.36. The lowest BCUT2D eigenvalue weighted by atomic mass is 10.0. The van der Waals surface area contributed by atoms with Gasteiger partial charge in [0.2, 0.25) is 0 Å². The van der Waals surface area contributed by atoms with Gasteiger partial charge in [0.1, 0.15) is 5.82 Å². The minimum absolute atomic E-state index is 0.0399. The second-order valence-electron chi connectivity index (χ2n) is 5.16. The molecule has 6 heteroatoms. The number of carbonyl (C=O) groups excluding carboxylic acids is 2. The van der Waals surface area contributed by atoms with Crippen LogP contribution in [0.25, 0.3) is 0 Å². The zero-order valence-corrected chi connectivity index (χ0v) is 10.9. The zero-order valence-electron chi connectivity index (χ0n) is 10.9. The number of piperidine rings is 1. The van der Waals surface area contributed by atoms with Gasteiger partial charge in [0, 0.05) is 6.54 Å². The van der Waals surface area contributed by atoms with Crippen LogP contribution in [0.3, 0.4) is 0 Å². The maximum Gasteiger partial charge on any atom is 0.296 e. The van der Waals surface area contributed by atoms with Crippen LogP contribution in [0, 0.1) is 5.82 Å². The Labute approximate surface area is 115 Å². The lowest BCUT2D eigenvalue weighted by Crippen LogP contribution is -2.42. The molecule has 1 atom stereocenters. The van der Waals surface area contributed by atoms with E-state index in [1.165, 1.54) is 6.07 Å². The molecule has 0 spiro atoms. The van der Waals surface area contributed by atoms with E-state index in [0.717, 1.165) is 25.3 Å². The standard InChI is InChI=1S/C14H15FN2O3/c15-10-5-9-11(16-14(20)13(9)19)6-12(10)17-4-2-1-3-8(17)7-18/h5-6,8,18H,1-4,7H2,(H,16,19,20). The largest absolute Gasteiger partial charge is 0.394 e. The summed E-state index contributed by atoms with van der Waals surface area (Å²) in [4.78, 5) is 24.7. The molecular weight excluding hydrogens is 263 g/mol. The SMILES string of the molecule is O=C1Nc2cc(N3CCCCC3CO)c(F)cc2C1=O. The van der Waals surface area contributed by atoms with Crippen molar-refractivity contribution in [1.29, 1.82) is 0 Å². The van der Waals surface area contributed by atoms with Crippen molar-refractivity contribution >= 4 is 23.1 Å². The summed E-state index contributed by atoms with van der Waals surface area (Å²) in [7, 11) is 0. The molecule has 0 radical (unpaired) electrons. The van der Waals surface area contributed by atoms with E-state index >= 15 is 0 Å². The van der Waals surface area contributed by atoms with Crippen LogP contribution in [-0.2, 0) is 4.79 Å². The Morgan fingerprint density at radius 1 is 1.35 bits per heavy atom. The van der Waals surface area contributed by atoms with Gasteiger partial charge in [-0.25, -0.2) is 4.39 Å². The van der Waals surface area contributed by atoms with Gasteiger partial charge in [0.15, 0.2) is 0 Å². The Balaban J connectivity index is 2.01. The van der Waals surface area contributed by atoms with Gasteiger partial charge in [-0.3, -0.25) is 9.59 Å². The number of carbonyl (C=O) groups is 2. The van der Waals surface area contributed by atoms with Crippen LogP contribution in [0.4, 0.5) is 15.8 Å². The van der Waals surface area contributed by atoms with Crippen LogP contribution in [0.2, 0.25) is 0 Å². The Bertz CT molecular complexity index is 588. The molecular formula is C14H15FN2O3. The number of halogens is 1. The molecule has 1 aromatic rings. The Kier molecular flexibility index (Phi) is 3.17. The number of Topliss-reactive ketones (excluding diaryl/α,β-unsaturated/α-hetero) is 1. The number of hydrogen-bond donors (Lipinski definition) is 2. The molecule has 0 aliphatic carbocycles. The lowest BCUT2D eigenvalue weighted by molar-refractivity contribution is -0.112. The molecule has 0 saturated carbocycles. The number of nitrogens with zero attached hydrogens (tertiary/aromatic N) is 1. The van der Waals surface area contributed by atoms with Crippen LogP contribution in [0.15, 0.2) is 12.1 Å². The van der Waals surface area contributed by atoms with Crippen molar-refractivity contribution in [2.45, 2.75) is 25.3 Å². The molecule has 1 aromatic carbocycles. The van der Waals surface area contributed by atoms with Crippen LogP contribution in [-0.4, -0.2) is 36.0 Å². The maximum atomic E-state index is 14.2. The Morgan fingerprint density at radius 3 is 2.90 bits per heavy atom. The molecule has 0 aromatic heterocycles. The number of anilines is 2. The molecule has 1 fully saturated rings. The van der Waals surface area contributed by atoms with E-state index < -0.39 is 17.5 Å². The third-order valence-electron chi connectivity index (χ3n) is 3.93. The summed E-state index contributed by atoms with van der Waals surface area (Å²) in [6, 6.07) is 2.47. The van der Waals surface area contributed by atoms with Gasteiger partial charge in [-0.15, -0.1) is 0 Å². The highest BCUT2D eigenvalue weighted by atomic mass is 19.1. The monoisotopic (exact) mass is 278 g/mol. The molecule has 2 N–H and O–H groups in total. The summed E-state index contributed by atoms with van der Waals surface area (Å²) in [6.07, 6.45) is 2.74. The summed E-state index contributed by atoms with van der Waals surface area (Å²) in [5.41, 5.74) is 0.755. The van der Waals surface area contributed by atoms with Crippen molar-refractivity contribution in [1.82, 2.24) is 0 Å². The molecule has 106 valence electrons. The number of benzene rings is 1. The topological polar surface area (TPSA) is 69.6 Å². The Hall–Kier alpha value is -1.95. The van der Waals surface area contributed by atoms with Crippen molar-refractivity contribution in [3.05, 3.63) is 23.5 Å². The highest BCUT2D eigenvalue weighted by Crippen LogP contribution is 2.34. The fraction of sp³-hybridized carbons (Fsp3) is 0.429. The second-order valence-corrected chi connectivity index (χ2v) is 5.16. The molecule has 20 heavy (non-hydrogen) atoms. The number of rotatable bonds is 2. The third-order valence-corrected chi connectivity index (χ3v) is 3.93. The average Bonchev–Trinajstić information content (AvgIpc) is 2.73. The summed E-state index contributed by atoms with van der Waals surface area (Å²) in [5.74, 6) is -1.97. The van der Waals surface area contributed by atoms with E-state index in [1.54, 1.807) is 0 Å². The molecule has 2 heterocycles. The number of amides is 1. The average molecular weight is 278 g/mol. The second kappa shape index (κ2) is 4.86. The number of ketones is 1. The van der Waals surface area contributed by atoms with E-state index in [4.69, 9.17) is 0 Å². The maximum absolute atomic E-state index is 14.2. The van der Waals surface area contributed by atoms with Crippen molar-refractivity contribution < 1.29 is 19.1 Å². The fourth-order valence-electron chi connectivity index (χ4n) is 2.88. The van der Waals surface area contributed by atoms with Gasteiger partial charge in [-0.2, -0.15) is 0 Å². The number of nitrogens with one attached hydrogen (secondary N) is 1. The zero-order chi connectivity index (χ0) is 14.3. The third kappa shape index (κ3) is 1.96. The summed E-state index contributed by atoms with van der Waals surface area (Å²) in [6.45, 7) is 0.616. The highest BCUT2D eigenvalue weighted by molar-refractivity contribution is 6.51. The van der Waals surface area contributed by atoms with Crippen molar-refractivity contribution in [2.24, 2.45) is 0 Å². The van der Waals surface area contributed by atoms with Gasteiger partial charge in [-0.05, 0) is 31.4 Å². The van der Waals surface area contributed by atoms with Crippen molar-refractivity contribution in [3.8, 4) is 0 Å². The minimum atomic E-state index is -0.728. The van der Waals surface area contributed by atoms with Crippen LogP contribution < -0.4 is 10.2 Å². The molecule has 1 amide bonds.